The number of rotatable bonds is 6. The zero-order valence-corrected chi connectivity index (χ0v) is 15.1. The Morgan fingerprint density at radius 1 is 0.920 bits per heavy atom. The van der Waals surface area contributed by atoms with Crippen molar-refractivity contribution in [3.63, 3.8) is 0 Å². The van der Waals surface area contributed by atoms with Crippen molar-refractivity contribution in [2.24, 2.45) is 5.92 Å². The summed E-state index contributed by atoms with van der Waals surface area (Å²) >= 11 is 0. The fourth-order valence-electron chi connectivity index (χ4n) is 3.48. The summed E-state index contributed by atoms with van der Waals surface area (Å²) in [6.07, 6.45) is 2.94. The van der Waals surface area contributed by atoms with E-state index in [-0.39, 0.29) is 5.91 Å². The number of nitrogens with zero attached hydrogens (tertiary/aromatic N) is 2. The molecular formula is C22H28N2O. The molecule has 1 aliphatic heterocycles. The minimum atomic E-state index is 0.280. The largest absolute Gasteiger partial charge is 0.334 e. The number of carbonyl (C=O) groups is 1. The Hall–Kier alpha value is -2.13. The Bertz CT molecular complexity index is 607. The average molecular weight is 336 g/mol. The van der Waals surface area contributed by atoms with Gasteiger partial charge in [0.25, 0.3) is 0 Å². The van der Waals surface area contributed by atoms with Gasteiger partial charge in [0.1, 0.15) is 0 Å². The average Bonchev–Trinajstić information content (AvgIpc) is 2.65. The number of piperidine rings is 1. The number of carbonyl (C=O) groups excluding carboxylic acids is 1. The van der Waals surface area contributed by atoms with Crippen LogP contribution in [-0.2, 0) is 17.9 Å². The minimum Gasteiger partial charge on any atom is -0.334 e. The first-order valence-corrected chi connectivity index (χ1v) is 9.25. The minimum absolute atomic E-state index is 0.280. The molecule has 3 rings (SSSR count). The predicted octanol–water partition coefficient (Wildman–Crippen LogP) is 3.95. The van der Waals surface area contributed by atoms with E-state index in [2.05, 4.69) is 36.2 Å². The highest BCUT2D eigenvalue weighted by Gasteiger charge is 2.23. The second-order valence-corrected chi connectivity index (χ2v) is 7.17. The van der Waals surface area contributed by atoms with Crippen molar-refractivity contribution in [1.29, 1.82) is 0 Å². The first-order valence-electron chi connectivity index (χ1n) is 9.25. The van der Waals surface area contributed by atoms with E-state index in [0.717, 1.165) is 25.9 Å². The molecular weight excluding hydrogens is 308 g/mol. The van der Waals surface area contributed by atoms with Crippen molar-refractivity contribution >= 4 is 5.91 Å². The molecule has 3 nitrogen and oxygen atoms in total. The van der Waals surface area contributed by atoms with Crippen LogP contribution in [0, 0.1) is 5.92 Å². The van der Waals surface area contributed by atoms with E-state index in [1.165, 1.54) is 11.1 Å². The van der Waals surface area contributed by atoms with Gasteiger partial charge in [0, 0.05) is 19.5 Å². The van der Waals surface area contributed by atoms with Gasteiger partial charge in [-0.25, -0.2) is 0 Å². The second-order valence-electron chi connectivity index (χ2n) is 7.17. The molecule has 0 aliphatic carbocycles. The zero-order valence-electron chi connectivity index (χ0n) is 15.1. The van der Waals surface area contributed by atoms with E-state index in [9.17, 15) is 4.79 Å². The molecule has 1 amide bonds. The Kier molecular flexibility index (Phi) is 6.24. The first-order chi connectivity index (χ1) is 12.2. The summed E-state index contributed by atoms with van der Waals surface area (Å²) in [7, 11) is 2.16. The van der Waals surface area contributed by atoms with Crippen molar-refractivity contribution in [1.82, 2.24) is 9.80 Å². The Morgan fingerprint density at radius 2 is 1.40 bits per heavy atom. The third kappa shape index (κ3) is 5.43. The molecule has 0 bridgehead atoms. The van der Waals surface area contributed by atoms with Gasteiger partial charge in [0.05, 0.1) is 0 Å². The fraction of sp³-hybridized carbons (Fsp3) is 0.409. The van der Waals surface area contributed by atoms with E-state index < -0.39 is 0 Å². The molecule has 0 spiro atoms. The van der Waals surface area contributed by atoms with E-state index in [4.69, 9.17) is 0 Å². The molecule has 3 heteroatoms. The highest BCUT2D eigenvalue weighted by Crippen LogP contribution is 2.22. The second kappa shape index (κ2) is 8.82. The van der Waals surface area contributed by atoms with Gasteiger partial charge in [-0.2, -0.15) is 0 Å². The molecule has 1 aliphatic rings. The molecule has 0 unspecified atom stereocenters. The summed E-state index contributed by atoms with van der Waals surface area (Å²) in [5.41, 5.74) is 2.38. The van der Waals surface area contributed by atoms with Gasteiger partial charge in [-0.3, -0.25) is 4.79 Å². The van der Waals surface area contributed by atoms with Crippen LogP contribution in [0.3, 0.4) is 0 Å². The standard InChI is InChI=1S/C22H28N2O/c1-23-14-12-19(13-15-23)16-22(25)24(17-20-8-4-2-5-9-20)18-21-10-6-3-7-11-21/h2-11,19H,12-18H2,1H3. The van der Waals surface area contributed by atoms with Gasteiger partial charge in [0.2, 0.25) is 5.91 Å². The first kappa shape index (κ1) is 17.7. The monoisotopic (exact) mass is 336 g/mol. The SMILES string of the molecule is CN1CCC(CC(=O)N(Cc2ccccc2)Cc2ccccc2)CC1. The van der Waals surface area contributed by atoms with E-state index >= 15 is 0 Å². The molecule has 0 radical (unpaired) electrons. The number of amides is 1. The number of likely N-dealkylation sites (tertiary alicyclic amines) is 1. The highest BCUT2D eigenvalue weighted by molar-refractivity contribution is 5.76. The molecule has 1 heterocycles. The fourth-order valence-corrected chi connectivity index (χ4v) is 3.48. The van der Waals surface area contributed by atoms with Crippen LogP contribution in [0.2, 0.25) is 0 Å². The molecule has 1 saturated heterocycles. The molecule has 2 aromatic carbocycles. The van der Waals surface area contributed by atoms with Crippen LogP contribution in [-0.4, -0.2) is 35.8 Å². The van der Waals surface area contributed by atoms with Crippen LogP contribution >= 0.6 is 0 Å². The van der Waals surface area contributed by atoms with Gasteiger partial charge >= 0.3 is 0 Å². The lowest BCUT2D eigenvalue weighted by Gasteiger charge is -2.30. The normalized spacial score (nSPS) is 15.9. The van der Waals surface area contributed by atoms with Crippen LogP contribution in [0.25, 0.3) is 0 Å². The smallest absolute Gasteiger partial charge is 0.223 e. The number of hydrogen-bond acceptors (Lipinski definition) is 2. The van der Waals surface area contributed by atoms with Gasteiger partial charge in [-0.05, 0) is 50.0 Å². The van der Waals surface area contributed by atoms with Crippen molar-refractivity contribution in [3.8, 4) is 0 Å². The zero-order chi connectivity index (χ0) is 17.5. The third-order valence-corrected chi connectivity index (χ3v) is 5.09. The van der Waals surface area contributed by atoms with Gasteiger partial charge < -0.3 is 9.80 Å². The summed E-state index contributed by atoms with van der Waals surface area (Å²) in [6.45, 7) is 3.58. The molecule has 0 N–H and O–H groups in total. The summed E-state index contributed by atoms with van der Waals surface area (Å²) in [5, 5.41) is 0. The maximum atomic E-state index is 13.0. The van der Waals surface area contributed by atoms with Crippen molar-refractivity contribution in [2.75, 3.05) is 20.1 Å². The van der Waals surface area contributed by atoms with Gasteiger partial charge in [-0.15, -0.1) is 0 Å². The molecule has 0 saturated carbocycles. The lowest BCUT2D eigenvalue weighted by atomic mass is 9.93. The van der Waals surface area contributed by atoms with E-state index in [1.807, 2.05) is 41.3 Å². The molecule has 0 atom stereocenters. The van der Waals surface area contributed by atoms with E-state index in [1.54, 1.807) is 0 Å². The van der Waals surface area contributed by atoms with Crippen molar-refractivity contribution in [3.05, 3.63) is 71.8 Å². The molecule has 25 heavy (non-hydrogen) atoms. The maximum Gasteiger partial charge on any atom is 0.223 e. The summed E-state index contributed by atoms with van der Waals surface area (Å²) < 4.78 is 0. The van der Waals surface area contributed by atoms with Crippen LogP contribution in [0.4, 0.5) is 0 Å². The molecule has 2 aromatic rings. The maximum absolute atomic E-state index is 13.0. The lowest BCUT2D eigenvalue weighted by molar-refractivity contribution is -0.133. The van der Waals surface area contributed by atoms with Crippen LogP contribution < -0.4 is 0 Å². The summed E-state index contributed by atoms with van der Waals surface area (Å²) in [5.74, 6) is 0.806. The van der Waals surface area contributed by atoms with Crippen molar-refractivity contribution < 1.29 is 4.79 Å². The molecule has 1 fully saturated rings. The summed E-state index contributed by atoms with van der Waals surface area (Å²) in [6, 6.07) is 20.6. The Morgan fingerprint density at radius 3 is 1.88 bits per heavy atom. The van der Waals surface area contributed by atoms with Gasteiger partial charge in [0.15, 0.2) is 0 Å². The number of hydrogen-bond donors (Lipinski definition) is 0. The van der Waals surface area contributed by atoms with Crippen LogP contribution in [0.1, 0.15) is 30.4 Å². The van der Waals surface area contributed by atoms with E-state index in [0.29, 0.717) is 25.4 Å². The summed E-state index contributed by atoms with van der Waals surface area (Å²) in [4.78, 5) is 17.4. The predicted molar refractivity (Wildman–Crippen MR) is 102 cm³/mol. The highest BCUT2D eigenvalue weighted by atomic mass is 16.2. The van der Waals surface area contributed by atoms with Crippen LogP contribution in [0.15, 0.2) is 60.7 Å². The van der Waals surface area contributed by atoms with Crippen molar-refractivity contribution in [2.45, 2.75) is 32.4 Å². The quantitative estimate of drug-likeness (QED) is 0.797. The molecule has 132 valence electrons. The van der Waals surface area contributed by atoms with Gasteiger partial charge in [-0.1, -0.05) is 60.7 Å². The molecule has 0 aromatic heterocycles. The Labute approximate surface area is 151 Å². The Balaban J connectivity index is 1.67. The number of benzene rings is 2. The topological polar surface area (TPSA) is 23.6 Å². The van der Waals surface area contributed by atoms with Crippen LogP contribution in [0.5, 0.6) is 0 Å². The third-order valence-electron chi connectivity index (χ3n) is 5.09. The lowest BCUT2D eigenvalue weighted by Crippen LogP contribution is -2.35.